The van der Waals surface area contributed by atoms with Crippen molar-refractivity contribution < 1.29 is 27.7 Å². The molecular formula is C15H19F3N6O4. The highest BCUT2D eigenvalue weighted by atomic mass is 19.4. The molecule has 10 nitrogen and oxygen atoms in total. The van der Waals surface area contributed by atoms with Gasteiger partial charge in [0.2, 0.25) is 11.9 Å². The van der Waals surface area contributed by atoms with Crippen molar-refractivity contribution in [1.82, 2.24) is 5.06 Å². The Morgan fingerprint density at radius 2 is 1.96 bits per heavy atom. The van der Waals surface area contributed by atoms with Crippen molar-refractivity contribution >= 4 is 17.6 Å². The van der Waals surface area contributed by atoms with Crippen LogP contribution in [0.3, 0.4) is 0 Å². The van der Waals surface area contributed by atoms with Gasteiger partial charge in [-0.3, -0.25) is 15.0 Å². The number of nitrogens with zero attached hydrogens (tertiary/aromatic N) is 4. The monoisotopic (exact) mass is 404 g/mol. The van der Waals surface area contributed by atoms with Gasteiger partial charge in [0.1, 0.15) is 5.75 Å². The van der Waals surface area contributed by atoms with E-state index in [1.165, 1.54) is 5.06 Å². The number of benzene rings is 1. The number of ether oxygens (including phenoxy) is 1. The van der Waals surface area contributed by atoms with E-state index in [-0.39, 0.29) is 31.6 Å². The molecule has 2 rings (SSSR count). The molecule has 1 aromatic rings. The highest BCUT2D eigenvalue weighted by molar-refractivity contribution is 5.95. The molecule has 1 aliphatic rings. The third-order valence-electron chi connectivity index (χ3n) is 3.57. The number of rotatable bonds is 7. The number of nitro benzene ring substituents is 1. The van der Waals surface area contributed by atoms with Gasteiger partial charge in [0.15, 0.2) is 5.66 Å². The minimum Gasteiger partial charge on any atom is -0.493 e. The van der Waals surface area contributed by atoms with Crippen LogP contribution in [0, 0.1) is 10.1 Å². The van der Waals surface area contributed by atoms with Crippen LogP contribution in [0.1, 0.15) is 25.8 Å². The Balaban J connectivity index is 1.96. The number of hydroxylamine groups is 2. The Kier molecular flexibility index (Phi) is 5.97. The zero-order valence-corrected chi connectivity index (χ0v) is 15.1. The molecule has 0 amide bonds. The zero-order chi connectivity index (χ0) is 21.1. The Hall–Kier alpha value is -3.09. The summed E-state index contributed by atoms with van der Waals surface area (Å²) >= 11 is 0. The van der Waals surface area contributed by atoms with Crippen molar-refractivity contribution in [2.45, 2.75) is 32.1 Å². The number of hydrogen-bond donors (Lipinski definition) is 2. The third-order valence-corrected chi connectivity index (χ3v) is 3.57. The van der Waals surface area contributed by atoms with Crippen molar-refractivity contribution in [2.75, 3.05) is 13.2 Å². The van der Waals surface area contributed by atoms with Gasteiger partial charge >= 0.3 is 6.18 Å². The molecule has 0 aromatic heterocycles. The molecule has 1 aromatic carbocycles. The van der Waals surface area contributed by atoms with Crippen LogP contribution in [-0.2, 0) is 11.0 Å². The molecule has 0 saturated heterocycles. The fraction of sp³-hybridized carbons (Fsp3) is 0.467. The van der Waals surface area contributed by atoms with Gasteiger partial charge in [-0.25, -0.2) is 4.99 Å². The lowest BCUT2D eigenvalue weighted by molar-refractivity contribution is -0.385. The Labute approximate surface area is 157 Å². The molecule has 1 heterocycles. The maximum atomic E-state index is 13.0. The predicted octanol–water partition coefficient (Wildman–Crippen LogP) is 2.00. The van der Waals surface area contributed by atoms with E-state index >= 15 is 0 Å². The van der Waals surface area contributed by atoms with Crippen molar-refractivity contribution in [1.29, 1.82) is 0 Å². The summed E-state index contributed by atoms with van der Waals surface area (Å²) in [5, 5.41) is 12.0. The van der Waals surface area contributed by atoms with Gasteiger partial charge < -0.3 is 16.2 Å². The van der Waals surface area contributed by atoms with Crippen molar-refractivity contribution in [3.63, 3.8) is 0 Å². The summed E-state index contributed by atoms with van der Waals surface area (Å²) in [6.45, 7) is 3.19. The van der Waals surface area contributed by atoms with E-state index < -0.39 is 33.8 Å². The third kappa shape index (κ3) is 5.00. The highest BCUT2D eigenvalue weighted by Crippen LogP contribution is 2.38. The van der Waals surface area contributed by atoms with Crippen molar-refractivity contribution in [3.05, 3.63) is 33.9 Å². The quantitative estimate of drug-likeness (QED) is 0.402. The summed E-state index contributed by atoms with van der Waals surface area (Å²) in [5.41, 5.74) is 8.74. The minimum absolute atomic E-state index is 0.00367. The molecule has 0 radical (unpaired) electrons. The average molecular weight is 404 g/mol. The first-order valence-corrected chi connectivity index (χ1v) is 8.03. The number of nitro groups is 1. The largest absolute Gasteiger partial charge is 0.493 e. The summed E-state index contributed by atoms with van der Waals surface area (Å²) in [7, 11) is 0. The molecule has 13 heteroatoms. The van der Waals surface area contributed by atoms with Crippen LogP contribution in [0.25, 0.3) is 0 Å². The smallest absolute Gasteiger partial charge is 0.419 e. The molecular weight excluding hydrogens is 385 g/mol. The second kappa shape index (κ2) is 7.88. The van der Waals surface area contributed by atoms with Crippen LogP contribution in [0.5, 0.6) is 5.75 Å². The van der Waals surface area contributed by atoms with Crippen LogP contribution >= 0.6 is 0 Å². The molecule has 154 valence electrons. The molecule has 0 atom stereocenters. The normalized spacial score (nSPS) is 16.4. The SMILES string of the molecule is CC1(C)N=C(N)N=C(N)N1OCCCOc1cc([N+](=O)[O-])ccc1C(F)(F)F. The lowest BCUT2D eigenvalue weighted by atomic mass is 10.1. The van der Waals surface area contributed by atoms with E-state index in [2.05, 4.69) is 9.98 Å². The summed E-state index contributed by atoms with van der Waals surface area (Å²) in [4.78, 5) is 23.3. The van der Waals surface area contributed by atoms with E-state index in [1.807, 2.05) is 0 Å². The van der Waals surface area contributed by atoms with Crippen molar-refractivity contribution in [3.8, 4) is 5.75 Å². The zero-order valence-electron chi connectivity index (χ0n) is 15.1. The second-order valence-electron chi connectivity index (χ2n) is 6.20. The molecule has 1 aliphatic heterocycles. The summed E-state index contributed by atoms with van der Waals surface area (Å²) < 4.78 is 44.2. The minimum atomic E-state index is -4.71. The highest BCUT2D eigenvalue weighted by Gasteiger charge is 2.35. The van der Waals surface area contributed by atoms with Crippen LogP contribution < -0.4 is 16.2 Å². The molecule has 0 saturated carbocycles. The molecule has 4 N–H and O–H groups in total. The fourth-order valence-corrected chi connectivity index (χ4v) is 2.39. The van der Waals surface area contributed by atoms with Gasteiger partial charge in [0, 0.05) is 12.5 Å². The lowest BCUT2D eigenvalue weighted by Crippen LogP contribution is -2.53. The number of guanidine groups is 2. The van der Waals surface area contributed by atoms with E-state index in [9.17, 15) is 23.3 Å². The first-order valence-electron chi connectivity index (χ1n) is 8.03. The second-order valence-corrected chi connectivity index (χ2v) is 6.20. The Bertz CT molecular complexity index is 809. The van der Waals surface area contributed by atoms with Gasteiger partial charge in [0.25, 0.3) is 5.69 Å². The van der Waals surface area contributed by atoms with E-state index in [0.717, 1.165) is 12.1 Å². The summed E-state index contributed by atoms with van der Waals surface area (Å²) in [6, 6.07) is 2.12. The average Bonchev–Trinajstić information content (AvgIpc) is 2.54. The first kappa shape index (κ1) is 21.2. The van der Waals surface area contributed by atoms with Gasteiger partial charge in [-0.05, 0) is 19.9 Å². The van der Waals surface area contributed by atoms with E-state index in [4.69, 9.17) is 21.0 Å². The van der Waals surface area contributed by atoms with Crippen molar-refractivity contribution in [2.24, 2.45) is 21.5 Å². The lowest BCUT2D eigenvalue weighted by Gasteiger charge is -2.36. The number of alkyl halides is 3. The fourth-order valence-electron chi connectivity index (χ4n) is 2.39. The summed E-state index contributed by atoms with van der Waals surface area (Å²) in [5.74, 6) is -0.647. The molecule has 0 unspecified atom stereocenters. The van der Waals surface area contributed by atoms with Gasteiger partial charge in [-0.15, -0.1) is 0 Å². The van der Waals surface area contributed by atoms with E-state index in [0.29, 0.717) is 6.07 Å². The number of nitrogens with two attached hydrogens (primary N) is 2. The van der Waals surface area contributed by atoms with E-state index in [1.54, 1.807) is 13.8 Å². The number of aliphatic imine (C=N–C) groups is 2. The predicted molar refractivity (Wildman–Crippen MR) is 93.3 cm³/mol. The molecule has 0 spiro atoms. The van der Waals surface area contributed by atoms with Crippen LogP contribution in [-0.4, -0.2) is 40.8 Å². The maximum absolute atomic E-state index is 13.0. The van der Waals surface area contributed by atoms with Crippen LogP contribution in [0.2, 0.25) is 0 Å². The van der Waals surface area contributed by atoms with Crippen LogP contribution in [0.4, 0.5) is 18.9 Å². The standard InChI is InChI=1S/C15H19F3N6O4/c1-14(2)22-12(19)21-13(20)23(14)28-7-3-6-27-11-8-9(24(25)26)4-5-10(11)15(16,17)18/h4-5,8H,3,6-7H2,1-2H3,(H4,19,20,21,22). The molecule has 0 bridgehead atoms. The number of halogens is 3. The van der Waals surface area contributed by atoms with Gasteiger partial charge in [-0.2, -0.15) is 23.2 Å². The Morgan fingerprint density at radius 3 is 2.54 bits per heavy atom. The number of hydrogen-bond acceptors (Lipinski definition) is 9. The first-order chi connectivity index (χ1) is 12.9. The molecule has 0 fully saturated rings. The number of non-ortho nitro benzene ring substituents is 1. The maximum Gasteiger partial charge on any atom is 0.419 e. The molecule has 0 aliphatic carbocycles. The van der Waals surface area contributed by atoms with Crippen LogP contribution in [0.15, 0.2) is 28.2 Å². The van der Waals surface area contributed by atoms with Gasteiger partial charge in [-0.1, -0.05) is 0 Å². The van der Waals surface area contributed by atoms with Gasteiger partial charge in [0.05, 0.1) is 29.8 Å². The molecule has 28 heavy (non-hydrogen) atoms. The topological polar surface area (TPSA) is 142 Å². The summed E-state index contributed by atoms with van der Waals surface area (Å²) in [6.07, 6.45) is -4.54. The Morgan fingerprint density at radius 1 is 1.29 bits per heavy atom.